The molecule has 0 aliphatic carbocycles. The maximum atomic E-state index is 12.3. The molecule has 0 aromatic carbocycles. The molecule has 4 atom stereocenters. The monoisotopic (exact) mass is 1820 g/mol. The SMILES string of the molecule is C.CCc1ccnc(-n2cnc(CN3CCCC(c4nc(-c5cccs5)cc(=O)[nH]4)C3)c2)n1.CCc1cnc(-n2cnc(CN3CCCC(c4nc(-c5cccs5)cc(=O)[nH]4)C3)c2)nc1.CCc1cnc(-n2cnc(CN3CCCC(c4nc(-c5cccs5)cc(=O)[nH]4)C3)c2)nc1.CNCc1cnc(-n2cnc(CN3CCCC(c4nc(-c5cccs5)cc(=O)[nH]4)C3)c2)nc1. The number of rotatable bonds is 25. The number of likely N-dealkylation sites (tertiary alicyclic amines) is 4. The fraction of sp³-hybridized carbons (Fsp3) is 0.355. The lowest BCUT2D eigenvalue weighted by molar-refractivity contribution is 0.194. The van der Waals surface area contributed by atoms with Crippen LogP contribution < -0.4 is 27.6 Å². The molecule has 5 N–H and O–H groups in total. The minimum atomic E-state index is -0.0972. The predicted octanol–water partition coefficient (Wildman–Crippen LogP) is 13.5. The van der Waals surface area contributed by atoms with Crippen molar-refractivity contribution in [3.05, 3.63) is 304 Å². The number of imidazole rings is 4. The average molecular weight is 1820 g/mol. The van der Waals surface area contributed by atoms with Crippen molar-refractivity contribution >= 4 is 45.3 Å². The fourth-order valence-corrected chi connectivity index (χ4v) is 19.3. The molecule has 4 unspecified atom stereocenters. The Kier molecular flexibility index (Phi) is 30.4. The van der Waals surface area contributed by atoms with Gasteiger partial charge in [-0.25, -0.2) is 79.7 Å². The number of aryl methyl sites for hydroxylation is 3. The number of piperidine rings is 4. The van der Waals surface area contributed by atoms with Gasteiger partial charge in [-0.05, 0) is 167 Å². The molecule has 16 aromatic rings. The number of thiophene rings is 4. The van der Waals surface area contributed by atoms with Crippen molar-refractivity contribution in [2.45, 2.75) is 155 Å². The van der Waals surface area contributed by atoms with Gasteiger partial charge in [0.2, 0.25) is 23.8 Å². The normalized spacial score (nSPS) is 16.8. The van der Waals surface area contributed by atoms with Gasteiger partial charge in [-0.15, -0.1) is 45.3 Å². The number of aromatic amines is 4. The molecule has 670 valence electrons. The fourth-order valence-electron chi connectivity index (χ4n) is 16.5. The minimum Gasteiger partial charge on any atom is -0.316 e. The number of nitrogens with one attached hydrogen (secondary N) is 5. The van der Waals surface area contributed by atoms with Gasteiger partial charge in [0.05, 0.1) is 65.1 Å². The lowest BCUT2D eigenvalue weighted by Gasteiger charge is -2.31. The van der Waals surface area contributed by atoms with E-state index in [0.29, 0.717) is 23.8 Å². The number of hydrogen-bond acceptors (Lipinski definition) is 29. The summed E-state index contributed by atoms with van der Waals surface area (Å²) in [7, 11) is 1.90. The first kappa shape index (κ1) is 90.6. The first-order valence-electron chi connectivity index (χ1n) is 43.7. The second-order valence-electron chi connectivity index (χ2n) is 32.5. The van der Waals surface area contributed by atoms with Gasteiger partial charge in [0.25, 0.3) is 22.2 Å². The zero-order valence-electron chi connectivity index (χ0n) is 72.3. The molecule has 4 aliphatic rings. The quantitative estimate of drug-likeness (QED) is 0.0355. The molecule has 37 heteroatoms. The van der Waals surface area contributed by atoms with Crippen molar-refractivity contribution in [2.24, 2.45) is 0 Å². The van der Waals surface area contributed by atoms with E-state index in [9.17, 15) is 19.2 Å². The second kappa shape index (κ2) is 43.6. The molecule has 0 bridgehead atoms. The van der Waals surface area contributed by atoms with E-state index in [0.717, 1.165) is 266 Å². The Morgan fingerprint density at radius 3 is 0.915 bits per heavy atom. The maximum Gasteiger partial charge on any atom is 0.251 e. The summed E-state index contributed by atoms with van der Waals surface area (Å²) >= 11 is 6.39. The summed E-state index contributed by atoms with van der Waals surface area (Å²) < 4.78 is 7.45. The van der Waals surface area contributed by atoms with Crippen LogP contribution in [-0.2, 0) is 52.0 Å². The van der Waals surface area contributed by atoms with Crippen LogP contribution in [-0.4, -0.2) is 197 Å². The molecule has 0 amide bonds. The molecular formula is C93H105N29O4S4. The molecule has 0 radical (unpaired) electrons. The highest BCUT2D eigenvalue weighted by atomic mass is 32.1. The standard InChI is InChI=1S/C23H26N8OS.3C23H25N7OS.CH4/c1-24-9-16-10-25-23(26-11-16)31-14-18(27-15-31)13-30-6-2-4-17(12-30)22-28-19(8-21(32)29-22)20-5-3-7-33-20;1-2-17-7-8-24-23(26-17)30-14-18(25-15-30)13-29-9-3-5-16(12-29)22-27-19(11-21(31)28-22)20-6-4-10-32-20;2*1-2-16-10-24-23(25-11-16)30-14-18(26-15-30)13-29-7-3-5-17(12-29)22-27-19(9-21(31)28-22)20-6-4-8-32-20;/h3,5,7-8,10-11,14-15,17,24H,2,4,6,9,12-13H2,1H3,(H,28,29,32);4,6-8,10-11,14-16H,2-3,5,9,12-13H2,1H3,(H,27,28,31);2*4,6,8-11,14-15,17H,2-3,5,7,12-13H2,1H3,(H,27,28,31);1H4. The van der Waals surface area contributed by atoms with Crippen molar-refractivity contribution in [3.63, 3.8) is 0 Å². The molecule has 0 saturated carbocycles. The van der Waals surface area contributed by atoms with Crippen LogP contribution in [0.15, 0.2) is 213 Å². The van der Waals surface area contributed by atoms with Crippen LogP contribution in [0.25, 0.3) is 66.1 Å². The first-order valence-corrected chi connectivity index (χ1v) is 47.2. The Hall–Kier alpha value is -12.7. The third kappa shape index (κ3) is 23.7. The lowest BCUT2D eigenvalue weighted by Crippen LogP contribution is -2.35. The van der Waals surface area contributed by atoms with E-state index in [4.69, 9.17) is 19.9 Å². The summed E-state index contributed by atoms with van der Waals surface area (Å²) in [6.07, 6.45) is 38.8. The highest BCUT2D eigenvalue weighted by Gasteiger charge is 2.30. The summed E-state index contributed by atoms with van der Waals surface area (Å²) in [5, 5.41) is 11.1. The highest BCUT2D eigenvalue weighted by molar-refractivity contribution is 7.14. The Balaban J connectivity index is 0.000000127. The zero-order valence-corrected chi connectivity index (χ0v) is 75.5. The third-order valence-corrected chi connectivity index (χ3v) is 26.6. The van der Waals surface area contributed by atoms with Gasteiger partial charge in [-0.1, -0.05) is 52.5 Å². The Morgan fingerprint density at radius 1 is 0.354 bits per heavy atom. The first-order chi connectivity index (χ1) is 63.2. The van der Waals surface area contributed by atoms with E-state index in [1.54, 1.807) is 101 Å². The van der Waals surface area contributed by atoms with Gasteiger partial charge in [-0.2, -0.15) is 0 Å². The summed E-state index contributed by atoms with van der Waals surface area (Å²) in [6.45, 7) is 17.3. The van der Waals surface area contributed by atoms with Crippen LogP contribution in [0.3, 0.4) is 0 Å². The molecule has 130 heavy (non-hydrogen) atoms. The average Bonchev–Trinajstić information content (AvgIpc) is 1.83. The molecule has 0 spiro atoms. The topological polar surface area (TPSA) is 382 Å². The van der Waals surface area contributed by atoms with Crippen molar-refractivity contribution in [2.75, 3.05) is 59.4 Å². The van der Waals surface area contributed by atoms with E-state index < -0.39 is 0 Å². The van der Waals surface area contributed by atoms with E-state index >= 15 is 0 Å². The van der Waals surface area contributed by atoms with Gasteiger partial charge in [0.1, 0.15) is 48.6 Å². The number of H-pyrrole nitrogens is 4. The van der Waals surface area contributed by atoms with E-state index in [2.05, 4.69) is 125 Å². The second-order valence-corrected chi connectivity index (χ2v) is 36.3. The maximum absolute atomic E-state index is 12.3. The molecule has 20 heterocycles. The molecule has 16 aromatic heterocycles. The zero-order chi connectivity index (χ0) is 88.4. The Morgan fingerprint density at radius 2 is 0.646 bits per heavy atom. The summed E-state index contributed by atoms with van der Waals surface area (Å²) in [5.41, 5.74) is 10.8. The van der Waals surface area contributed by atoms with Gasteiger partial charge < -0.3 is 25.3 Å². The van der Waals surface area contributed by atoms with Crippen LogP contribution >= 0.6 is 45.3 Å². The van der Waals surface area contributed by atoms with E-state index in [1.807, 2.05) is 163 Å². The van der Waals surface area contributed by atoms with Crippen LogP contribution in [0.1, 0.15) is 172 Å². The van der Waals surface area contributed by atoms with Crippen molar-refractivity contribution in [3.8, 4) is 66.1 Å². The number of hydrogen-bond donors (Lipinski definition) is 5. The van der Waals surface area contributed by atoms with Gasteiger partial charge in [-0.3, -0.25) is 57.0 Å². The molecule has 33 nitrogen and oxygen atoms in total. The highest BCUT2D eigenvalue weighted by Crippen LogP contribution is 2.34. The van der Waals surface area contributed by atoms with Crippen LogP contribution in [0.5, 0.6) is 0 Å². The summed E-state index contributed by atoms with van der Waals surface area (Å²) in [6, 6.07) is 24.2. The van der Waals surface area contributed by atoms with Crippen molar-refractivity contribution < 1.29 is 0 Å². The van der Waals surface area contributed by atoms with E-state index in [1.165, 1.54) is 0 Å². The van der Waals surface area contributed by atoms with Gasteiger partial charge in [0.15, 0.2) is 0 Å². The van der Waals surface area contributed by atoms with Crippen LogP contribution in [0, 0.1) is 0 Å². The predicted molar refractivity (Wildman–Crippen MR) is 506 cm³/mol. The molecule has 20 rings (SSSR count). The summed E-state index contributed by atoms with van der Waals surface area (Å²) in [5.74, 6) is 6.41. The Labute approximate surface area is 767 Å². The summed E-state index contributed by atoms with van der Waals surface area (Å²) in [4.78, 5) is 147. The molecule has 4 fully saturated rings. The van der Waals surface area contributed by atoms with Crippen molar-refractivity contribution in [1.29, 1.82) is 0 Å². The molecule has 4 aliphatic heterocycles. The number of aromatic nitrogens is 24. The van der Waals surface area contributed by atoms with E-state index in [-0.39, 0.29) is 53.3 Å². The van der Waals surface area contributed by atoms with Crippen LogP contribution in [0.4, 0.5) is 0 Å². The minimum absolute atomic E-state index is 0. The third-order valence-electron chi connectivity index (χ3n) is 23.0. The van der Waals surface area contributed by atoms with Crippen LogP contribution in [0.2, 0.25) is 0 Å². The largest absolute Gasteiger partial charge is 0.316 e. The smallest absolute Gasteiger partial charge is 0.251 e. The lowest BCUT2D eigenvalue weighted by atomic mass is 9.97. The van der Waals surface area contributed by atoms with Gasteiger partial charge >= 0.3 is 0 Å². The number of nitrogens with zero attached hydrogens (tertiary/aromatic N) is 24. The van der Waals surface area contributed by atoms with Crippen molar-refractivity contribution in [1.82, 2.24) is 143 Å². The Bertz CT molecular complexity index is 6330. The molecule has 4 saturated heterocycles. The molecular weight excluding hydrogens is 1720 g/mol. The van der Waals surface area contributed by atoms with Gasteiger partial charge in [0, 0.05) is 186 Å².